The van der Waals surface area contributed by atoms with Gasteiger partial charge in [-0.1, -0.05) is 31.2 Å². The van der Waals surface area contributed by atoms with Crippen molar-refractivity contribution in [2.45, 2.75) is 13.3 Å². The summed E-state index contributed by atoms with van der Waals surface area (Å²) in [6, 6.07) is 17.5. The lowest BCUT2D eigenvalue weighted by molar-refractivity contribution is -0.125. The second kappa shape index (κ2) is 14.2. The monoisotopic (exact) mass is 543 g/mol. The summed E-state index contributed by atoms with van der Waals surface area (Å²) >= 11 is 0. The van der Waals surface area contributed by atoms with Crippen LogP contribution in [0.15, 0.2) is 79.1 Å². The van der Waals surface area contributed by atoms with Crippen LogP contribution in [0.25, 0.3) is 22.0 Å². The number of aliphatic hydroxyl groups is 1. The number of nitrogens with zero attached hydrogens (tertiary/aromatic N) is 3. The third-order valence-corrected chi connectivity index (χ3v) is 6.51. The minimum Gasteiger partial charge on any atom is -0.492 e. The molecule has 0 saturated heterocycles. The van der Waals surface area contributed by atoms with Gasteiger partial charge in [0.25, 0.3) is 0 Å². The number of rotatable bonds is 13. The average molecular weight is 544 g/mol. The van der Waals surface area contributed by atoms with Crippen molar-refractivity contribution in [1.29, 1.82) is 0 Å². The van der Waals surface area contributed by atoms with Crippen molar-refractivity contribution >= 4 is 28.0 Å². The van der Waals surface area contributed by atoms with Crippen LogP contribution in [0.5, 0.6) is 5.75 Å². The van der Waals surface area contributed by atoms with Crippen LogP contribution in [-0.4, -0.2) is 71.0 Å². The zero-order valence-electron chi connectivity index (χ0n) is 22.7. The molecule has 0 radical (unpaired) electrons. The third-order valence-electron chi connectivity index (χ3n) is 6.51. The lowest BCUT2D eigenvalue weighted by atomic mass is 9.88. The molecular formula is C31H34FN5O3. The fraction of sp³-hybridized carbons (Fsp3) is 0.258. The molecule has 2 aromatic carbocycles. The number of hydrogen-bond acceptors (Lipinski definition) is 6. The highest BCUT2D eigenvalue weighted by atomic mass is 19.1. The van der Waals surface area contributed by atoms with Gasteiger partial charge in [-0.05, 0) is 70.7 Å². The number of hydrogen-bond donors (Lipinski definition) is 3. The van der Waals surface area contributed by atoms with Gasteiger partial charge in [0, 0.05) is 45.2 Å². The Bertz CT molecular complexity index is 1470. The van der Waals surface area contributed by atoms with Gasteiger partial charge in [-0.2, -0.15) is 4.39 Å². The molecular weight excluding hydrogens is 509 g/mol. The number of pyridine rings is 1. The zero-order valence-corrected chi connectivity index (χ0v) is 22.7. The van der Waals surface area contributed by atoms with E-state index < -0.39 is 5.95 Å². The van der Waals surface area contributed by atoms with Crippen molar-refractivity contribution in [1.82, 2.24) is 25.4 Å². The Morgan fingerprint density at radius 1 is 1.10 bits per heavy atom. The molecule has 0 fully saturated rings. The van der Waals surface area contributed by atoms with Gasteiger partial charge in [0.15, 0.2) is 0 Å². The number of carbonyl (C=O) groups is 1. The van der Waals surface area contributed by atoms with Crippen LogP contribution in [0, 0.1) is 5.95 Å². The maximum Gasteiger partial charge on any atom is 0.246 e. The van der Waals surface area contributed by atoms with Crippen LogP contribution in [0.3, 0.4) is 0 Å². The number of aliphatic hydroxyl groups excluding tert-OH is 1. The van der Waals surface area contributed by atoms with Crippen LogP contribution in [0.2, 0.25) is 0 Å². The van der Waals surface area contributed by atoms with E-state index >= 15 is 0 Å². The predicted octanol–water partition coefficient (Wildman–Crippen LogP) is 4.44. The molecule has 2 aromatic heterocycles. The van der Waals surface area contributed by atoms with Gasteiger partial charge in [0.05, 0.1) is 17.5 Å². The van der Waals surface area contributed by atoms with E-state index in [2.05, 4.69) is 27.4 Å². The Labute approximate surface area is 233 Å². The largest absolute Gasteiger partial charge is 0.492 e. The summed E-state index contributed by atoms with van der Waals surface area (Å²) in [7, 11) is 1.65. The van der Waals surface area contributed by atoms with Crippen molar-refractivity contribution < 1.29 is 19.0 Å². The van der Waals surface area contributed by atoms with Crippen LogP contribution in [-0.2, 0) is 4.79 Å². The van der Waals surface area contributed by atoms with Crippen molar-refractivity contribution in [3.8, 4) is 5.75 Å². The first-order chi connectivity index (χ1) is 19.5. The van der Waals surface area contributed by atoms with Crippen LogP contribution in [0.4, 0.5) is 4.39 Å². The average Bonchev–Trinajstić information content (AvgIpc) is 3.36. The standard InChI is InChI=1S/C31H34FN5O3/c1-3-26(22-12-15-34-16-13-22)30(24-8-11-28-27(21-24)31(32)36-35-28)23-6-9-25(10-7-23)40-20-17-33-14-4-5-29(39)37(2)18-19-38/h4-13,15-16,21,33,38H,3,14,17-20H2,1-2H3,(H,35,36)/b5-4+,30-26+. The lowest BCUT2D eigenvalue weighted by Crippen LogP contribution is -2.28. The van der Waals surface area contributed by atoms with Gasteiger partial charge in [0.2, 0.25) is 11.9 Å². The van der Waals surface area contributed by atoms with Gasteiger partial charge in [-0.3, -0.25) is 14.9 Å². The van der Waals surface area contributed by atoms with Crippen LogP contribution in [0.1, 0.15) is 30.0 Å². The molecule has 0 unspecified atom stereocenters. The Balaban J connectivity index is 1.46. The summed E-state index contributed by atoms with van der Waals surface area (Å²) in [5.74, 6) is 0.0665. The topological polar surface area (TPSA) is 103 Å². The molecule has 9 heteroatoms. The summed E-state index contributed by atoms with van der Waals surface area (Å²) in [5, 5.41) is 19.0. The summed E-state index contributed by atoms with van der Waals surface area (Å²) in [6.45, 7) is 3.96. The molecule has 208 valence electrons. The first-order valence-electron chi connectivity index (χ1n) is 13.3. The number of aromatic amines is 1. The van der Waals surface area contributed by atoms with Gasteiger partial charge in [0.1, 0.15) is 12.4 Å². The van der Waals surface area contributed by atoms with Crippen LogP contribution >= 0.6 is 0 Å². The zero-order chi connectivity index (χ0) is 28.3. The highest BCUT2D eigenvalue weighted by Crippen LogP contribution is 2.36. The second-order valence-electron chi connectivity index (χ2n) is 9.18. The van der Waals surface area contributed by atoms with E-state index in [0.29, 0.717) is 37.1 Å². The fourth-order valence-electron chi connectivity index (χ4n) is 4.42. The van der Waals surface area contributed by atoms with Gasteiger partial charge in [-0.25, -0.2) is 0 Å². The van der Waals surface area contributed by atoms with E-state index in [4.69, 9.17) is 9.84 Å². The number of carbonyl (C=O) groups excluding carboxylic acids is 1. The van der Waals surface area contributed by atoms with Crippen molar-refractivity contribution in [2.24, 2.45) is 0 Å². The Morgan fingerprint density at radius 2 is 1.85 bits per heavy atom. The highest BCUT2D eigenvalue weighted by molar-refractivity contribution is 6.00. The first-order valence-corrected chi connectivity index (χ1v) is 13.3. The molecule has 0 bridgehead atoms. The Morgan fingerprint density at radius 3 is 2.58 bits per heavy atom. The van der Waals surface area contributed by atoms with Gasteiger partial charge in [-0.15, -0.1) is 5.10 Å². The Kier molecular flexibility index (Phi) is 10.1. The van der Waals surface area contributed by atoms with Gasteiger partial charge < -0.3 is 20.1 Å². The maximum absolute atomic E-state index is 14.3. The highest BCUT2D eigenvalue weighted by Gasteiger charge is 2.15. The summed E-state index contributed by atoms with van der Waals surface area (Å²) in [6.07, 6.45) is 7.56. The molecule has 4 rings (SSSR count). The smallest absolute Gasteiger partial charge is 0.246 e. The number of ether oxygens (including phenoxy) is 1. The third kappa shape index (κ3) is 7.19. The number of likely N-dealkylation sites (N-methyl/N-ethyl adjacent to an activating group) is 1. The summed E-state index contributed by atoms with van der Waals surface area (Å²) in [4.78, 5) is 17.4. The number of halogens is 1. The summed E-state index contributed by atoms with van der Waals surface area (Å²) in [5.41, 5.74) is 5.73. The molecule has 3 N–H and O–H groups in total. The summed E-state index contributed by atoms with van der Waals surface area (Å²) < 4.78 is 20.2. The SMILES string of the molecule is CC/C(=C(/c1ccc(OCCNC/C=C/C(=O)N(C)CCO)cc1)c1ccc2[nH]nc(F)c2c1)c1ccncc1. The molecule has 0 aliphatic heterocycles. The number of benzene rings is 2. The molecule has 0 saturated carbocycles. The van der Waals surface area contributed by atoms with E-state index in [1.807, 2.05) is 54.6 Å². The Hall–Kier alpha value is -4.34. The van der Waals surface area contributed by atoms with Crippen LogP contribution < -0.4 is 10.1 Å². The minimum atomic E-state index is -0.522. The molecule has 40 heavy (non-hydrogen) atoms. The number of aromatic nitrogens is 3. The van der Waals surface area contributed by atoms with Crippen molar-refractivity contribution in [2.75, 3.05) is 39.9 Å². The first kappa shape index (κ1) is 28.7. The normalized spacial score (nSPS) is 12.1. The molecule has 4 aromatic rings. The van der Waals surface area contributed by atoms with Crippen molar-refractivity contribution in [3.05, 3.63) is 102 Å². The molecule has 0 aliphatic rings. The molecule has 0 aliphatic carbocycles. The predicted molar refractivity (Wildman–Crippen MR) is 155 cm³/mol. The van der Waals surface area contributed by atoms with Crippen molar-refractivity contribution in [3.63, 3.8) is 0 Å². The fourth-order valence-corrected chi connectivity index (χ4v) is 4.42. The van der Waals surface area contributed by atoms with E-state index in [9.17, 15) is 9.18 Å². The molecule has 8 nitrogen and oxygen atoms in total. The maximum atomic E-state index is 14.3. The second-order valence-corrected chi connectivity index (χ2v) is 9.18. The quantitative estimate of drug-likeness (QED) is 0.170. The number of allylic oxidation sites excluding steroid dienone is 1. The molecule has 0 atom stereocenters. The molecule has 2 heterocycles. The molecule has 0 spiro atoms. The van der Waals surface area contributed by atoms with E-state index in [-0.39, 0.29) is 12.5 Å². The number of H-pyrrole nitrogens is 1. The number of amides is 1. The van der Waals surface area contributed by atoms with E-state index in [1.165, 1.54) is 11.0 Å². The lowest BCUT2D eigenvalue weighted by Gasteiger charge is -2.17. The van der Waals surface area contributed by atoms with Gasteiger partial charge >= 0.3 is 0 Å². The number of fused-ring (bicyclic) bond motifs is 1. The number of nitrogens with one attached hydrogen (secondary N) is 2. The van der Waals surface area contributed by atoms with E-state index in [1.54, 1.807) is 25.5 Å². The molecule has 1 amide bonds. The minimum absolute atomic E-state index is 0.0597. The van der Waals surface area contributed by atoms with E-state index in [0.717, 1.165) is 40.0 Å².